The van der Waals surface area contributed by atoms with Crippen LogP contribution in [0.25, 0.3) is 17.2 Å². The molecule has 27 heavy (non-hydrogen) atoms. The maximum absolute atomic E-state index is 13.9. The van der Waals surface area contributed by atoms with Gasteiger partial charge in [0.2, 0.25) is 0 Å². The second-order valence-electron chi connectivity index (χ2n) is 6.58. The van der Waals surface area contributed by atoms with E-state index in [0.717, 1.165) is 11.6 Å². The Morgan fingerprint density at radius 2 is 1.67 bits per heavy atom. The maximum atomic E-state index is 13.9. The lowest BCUT2D eigenvalue weighted by atomic mass is 9.96. The number of halogens is 2. The molecule has 0 aliphatic carbocycles. The average molecular weight is 362 g/mol. The van der Waals surface area contributed by atoms with Crippen LogP contribution in [0.5, 0.6) is 0 Å². The summed E-state index contributed by atoms with van der Waals surface area (Å²) in [4.78, 5) is 12.5. The van der Waals surface area contributed by atoms with Gasteiger partial charge in [0, 0.05) is 23.6 Å². The van der Waals surface area contributed by atoms with Crippen molar-refractivity contribution < 1.29 is 13.6 Å². The molecule has 0 heterocycles. The monoisotopic (exact) mass is 362 g/mol. The average Bonchev–Trinajstić information content (AvgIpc) is 2.67. The van der Waals surface area contributed by atoms with E-state index in [0.29, 0.717) is 23.1 Å². The largest absolute Gasteiger partial charge is 0.294 e. The van der Waals surface area contributed by atoms with E-state index in [1.54, 1.807) is 24.3 Å². The predicted molar refractivity (Wildman–Crippen MR) is 105 cm³/mol. The third-order valence-corrected chi connectivity index (χ3v) is 4.37. The molecule has 3 heteroatoms. The van der Waals surface area contributed by atoms with E-state index in [-0.39, 0.29) is 11.7 Å². The first-order chi connectivity index (χ1) is 13.0. The highest BCUT2D eigenvalue weighted by Gasteiger charge is 2.11. The van der Waals surface area contributed by atoms with Gasteiger partial charge in [0.25, 0.3) is 0 Å². The van der Waals surface area contributed by atoms with Gasteiger partial charge in [-0.1, -0.05) is 73.7 Å². The lowest BCUT2D eigenvalue weighted by Crippen LogP contribution is -2.04. The minimum absolute atomic E-state index is 0.0336. The number of allylic oxidation sites excluding steroid dienone is 1. The van der Waals surface area contributed by atoms with Gasteiger partial charge in [-0.3, -0.25) is 4.79 Å². The van der Waals surface area contributed by atoms with Crippen LogP contribution in [-0.2, 0) is 0 Å². The Hall–Kier alpha value is -3.07. The van der Waals surface area contributed by atoms with Crippen LogP contribution < -0.4 is 0 Å². The molecule has 0 aliphatic heterocycles. The van der Waals surface area contributed by atoms with E-state index in [2.05, 4.69) is 0 Å². The minimum atomic E-state index is -0.617. The molecule has 1 atom stereocenters. The summed E-state index contributed by atoms with van der Waals surface area (Å²) in [5.41, 5.74) is 2.61. The highest BCUT2D eigenvalue weighted by atomic mass is 19.1. The highest BCUT2D eigenvalue weighted by molar-refractivity contribution is 5.96. The molecule has 1 nitrogen and oxygen atoms in total. The molecule has 3 rings (SSSR count). The minimum Gasteiger partial charge on any atom is -0.294 e. The van der Waals surface area contributed by atoms with Crippen LogP contribution in [0.2, 0.25) is 0 Å². The third-order valence-electron chi connectivity index (χ3n) is 4.37. The van der Waals surface area contributed by atoms with Crippen LogP contribution in [-0.4, -0.2) is 5.78 Å². The number of rotatable bonds is 6. The number of carbonyl (C=O) groups is 1. The lowest BCUT2D eigenvalue weighted by Gasteiger charge is -2.08. The normalized spacial score (nSPS) is 12.3. The van der Waals surface area contributed by atoms with E-state index in [9.17, 15) is 13.6 Å². The fraction of sp³-hybridized carbons (Fsp3) is 0.125. The second kappa shape index (κ2) is 8.54. The Kier molecular flexibility index (Phi) is 5.92. The molecule has 3 aromatic rings. The van der Waals surface area contributed by atoms with Crippen LogP contribution in [0.3, 0.4) is 0 Å². The number of carbonyl (C=O) groups excluding carboxylic acids is 1. The number of hydrogen-bond donors (Lipinski definition) is 0. The van der Waals surface area contributed by atoms with Gasteiger partial charge in [0.1, 0.15) is 11.6 Å². The Labute approximate surface area is 158 Å². The first kappa shape index (κ1) is 18.7. The Morgan fingerprint density at radius 1 is 0.963 bits per heavy atom. The zero-order valence-electron chi connectivity index (χ0n) is 15.0. The summed E-state index contributed by atoms with van der Waals surface area (Å²) in [5.74, 6) is -1.09. The summed E-state index contributed by atoms with van der Waals surface area (Å²) in [6.07, 6.45) is 4.43. The van der Waals surface area contributed by atoms with E-state index in [1.807, 2.05) is 49.4 Å². The Morgan fingerprint density at radius 3 is 2.33 bits per heavy atom. The summed E-state index contributed by atoms with van der Waals surface area (Å²) in [6.45, 7) is 2.00. The number of ketones is 1. The van der Waals surface area contributed by atoms with Gasteiger partial charge in [-0.05, 0) is 29.2 Å². The van der Waals surface area contributed by atoms with Gasteiger partial charge < -0.3 is 0 Å². The molecule has 0 amide bonds. The van der Waals surface area contributed by atoms with Crippen LogP contribution in [0.15, 0.2) is 78.9 Å². The zero-order chi connectivity index (χ0) is 19.2. The van der Waals surface area contributed by atoms with Crippen LogP contribution in [0.1, 0.15) is 29.3 Å². The Bertz CT molecular complexity index is 944. The lowest BCUT2D eigenvalue weighted by molar-refractivity contribution is 0.0972. The predicted octanol–water partition coefficient (Wildman–Crippen LogP) is 6.55. The fourth-order valence-corrected chi connectivity index (χ4v) is 2.88. The SMILES string of the molecule is C[C@@H](/C=C/c1ccccc1)CC(=O)c1ccc(-c2ccc(F)cc2F)cc1. The first-order valence-electron chi connectivity index (χ1n) is 8.85. The molecule has 3 aromatic carbocycles. The molecular weight excluding hydrogens is 342 g/mol. The summed E-state index contributed by atoms with van der Waals surface area (Å²) in [6, 6.07) is 20.2. The van der Waals surface area contributed by atoms with Crippen molar-refractivity contribution in [2.45, 2.75) is 13.3 Å². The van der Waals surface area contributed by atoms with Crippen molar-refractivity contribution in [2.24, 2.45) is 5.92 Å². The van der Waals surface area contributed by atoms with Gasteiger partial charge >= 0.3 is 0 Å². The van der Waals surface area contributed by atoms with Crippen molar-refractivity contribution in [3.63, 3.8) is 0 Å². The number of Topliss-reactive ketones (excluding diaryl/α,β-unsaturated/α-hetero) is 1. The summed E-state index contributed by atoms with van der Waals surface area (Å²) in [5, 5.41) is 0. The topological polar surface area (TPSA) is 17.1 Å². The molecule has 0 radical (unpaired) electrons. The van der Waals surface area contributed by atoms with Crippen molar-refractivity contribution >= 4 is 11.9 Å². The van der Waals surface area contributed by atoms with Gasteiger partial charge in [0.05, 0.1) is 0 Å². The molecule has 0 unspecified atom stereocenters. The summed E-state index contributed by atoms with van der Waals surface area (Å²) >= 11 is 0. The highest BCUT2D eigenvalue weighted by Crippen LogP contribution is 2.24. The molecule has 0 spiro atoms. The summed E-state index contributed by atoms with van der Waals surface area (Å²) < 4.78 is 26.9. The van der Waals surface area contributed by atoms with Crippen molar-refractivity contribution in [1.82, 2.24) is 0 Å². The molecule has 0 bridgehead atoms. The van der Waals surface area contributed by atoms with Gasteiger partial charge in [-0.25, -0.2) is 8.78 Å². The third kappa shape index (κ3) is 4.98. The van der Waals surface area contributed by atoms with Gasteiger partial charge in [0.15, 0.2) is 5.78 Å². The number of benzene rings is 3. The van der Waals surface area contributed by atoms with Crippen LogP contribution in [0, 0.1) is 17.6 Å². The van der Waals surface area contributed by atoms with Crippen molar-refractivity contribution in [3.8, 4) is 11.1 Å². The molecule has 0 aliphatic rings. The smallest absolute Gasteiger partial charge is 0.163 e. The molecule has 0 fully saturated rings. The molecule has 0 aromatic heterocycles. The van der Waals surface area contributed by atoms with Crippen molar-refractivity contribution in [2.75, 3.05) is 0 Å². The van der Waals surface area contributed by atoms with E-state index in [1.165, 1.54) is 12.1 Å². The molecule has 0 saturated heterocycles. The maximum Gasteiger partial charge on any atom is 0.163 e. The van der Waals surface area contributed by atoms with Crippen LogP contribution in [0.4, 0.5) is 8.78 Å². The molecular formula is C24H20F2O. The van der Waals surface area contributed by atoms with Crippen molar-refractivity contribution in [1.29, 1.82) is 0 Å². The first-order valence-corrected chi connectivity index (χ1v) is 8.85. The Balaban J connectivity index is 1.66. The van der Waals surface area contributed by atoms with E-state index < -0.39 is 11.6 Å². The fourth-order valence-electron chi connectivity index (χ4n) is 2.88. The van der Waals surface area contributed by atoms with Gasteiger partial charge in [-0.15, -0.1) is 0 Å². The number of hydrogen-bond acceptors (Lipinski definition) is 1. The second-order valence-corrected chi connectivity index (χ2v) is 6.58. The quantitative estimate of drug-likeness (QED) is 0.454. The standard InChI is InChI=1S/C24H20F2O/c1-17(7-8-18-5-3-2-4-6-18)15-24(27)20-11-9-19(10-12-20)22-14-13-21(25)16-23(22)26/h2-14,16-17H,15H2,1H3/b8-7+/t17-/m0/s1. The van der Waals surface area contributed by atoms with E-state index >= 15 is 0 Å². The molecule has 136 valence electrons. The van der Waals surface area contributed by atoms with Gasteiger partial charge in [-0.2, -0.15) is 0 Å². The van der Waals surface area contributed by atoms with E-state index in [4.69, 9.17) is 0 Å². The van der Waals surface area contributed by atoms with Crippen LogP contribution >= 0.6 is 0 Å². The zero-order valence-corrected chi connectivity index (χ0v) is 15.0. The molecule has 0 N–H and O–H groups in total. The van der Waals surface area contributed by atoms with Crippen molar-refractivity contribution in [3.05, 3.63) is 102 Å². The molecule has 0 saturated carbocycles. The summed E-state index contributed by atoms with van der Waals surface area (Å²) in [7, 11) is 0.